The Kier molecular flexibility index (Phi) is 3.08. The SMILES string of the molecule is COC(=O)c1cc(NC(=O)C2CC2)ccc1F. The molecule has 1 amide bonds. The van der Waals surface area contributed by atoms with E-state index in [1.54, 1.807) is 0 Å². The lowest BCUT2D eigenvalue weighted by Crippen LogP contribution is -2.14. The standard InChI is InChI=1S/C12H12FNO3/c1-17-12(16)9-6-8(4-5-10(9)13)14-11(15)7-2-3-7/h4-7H,2-3H2,1H3,(H,14,15). The van der Waals surface area contributed by atoms with Crippen molar-refractivity contribution in [1.82, 2.24) is 0 Å². The van der Waals surface area contributed by atoms with E-state index in [1.807, 2.05) is 0 Å². The van der Waals surface area contributed by atoms with Crippen molar-refractivity contribution in [1.29, 1.82) is 0 Å². The molecule has 0 aliphatic heterocycles. The van der Waals surface area contributed by atoms with E-state index < -0.39 is 11.8 Å². The molecule has 1 aliphatic rings. The number of ether oxygens (including phenoxy) is 1. The van der Waals surface area contributed by atoms with Gasteiger partial charge < -0.3 is 10.1 Å². The molecule has 0 saturated heterocycles. The molecule has 0 bridgehead atoms. The number of carbonyl (C=O) groups excluding carboxylic acids is 2. The first-order chi connectivity index (χ1) is 8.11. The van der Waals surface area contributed by atoms with Crippen LogP contribution < -0.4 is 5.32 Å². The highest BCUT2D eigenvalue weighted by Crippen LogP contribution is 2.30. The smallest absolute Gasteiger partial charge is 0.340 e. The van der Waals surface area contributed by atoms with Crippen LogP contribution in [0.5, 0.6) is 0 Å². The van der Waals surface area contributed by atoms with Crippen molar-refractivity contribution < 1.29 is 18.7 Å². The van der Waals surface area contributed by atoms with Crippen LogP contribution in [-0.2, 0) is 9.53 Å². The Hall–Kier alpha value is -1.91. The van der Waals surface area contributed by atoms with Gasteiger partial charge in [0.1, 0.15) is 5.82 Å². The van der Waals surface area contributed by atoms with Gasteiger partial charge in [-0.05, 0) is 31.0 Å². The molecule has 17 heavy (non-hydrogen) atoms. The van der Waals surface area contributed by atoms with E-state index in [-0.39, 0.29) is 17.4 Å². The number of nitrogens with one attached hydrogen (secondary N) is 1. The lowest BCUT2D eigenvalue weighted by molar-refractivity contribution is -0.117. The number of carbonyl (C=O) groups is 2. The van der Waals surface area contributed by atoms with Crippen LogP contribution in [0.4, 0.5) is 10.1 Å². The number of methoxy groups -OCH3 is 1. The summed E-state index contributed by atoms with van der Waals surface area (Å²) in [7, 11) is 1.18. The summed E-state index contributed by atoms with van der Waals surface area (Å²) in [6.07, 6.45) is 1.77. The second-order valence-corrected chi connectivity index (χ2v) is 3.95. The predicted molar refractivity (Wildman–Crippen MR) is 59.1 cm³/mol. The van der Waals surface area contributed by atoms with Crippen molar-refractivity contribution in [3.8, 4) is 0 Å². The fourth-order valence-electron chi connectivity index (χ4n) is 1.46. The normalized spacial score (nSPS) is 14.2. The van der Waals surface area contributed by atoms with Gasteiger partial charge in [-0.2, -0.15) is 0 Å². The zero-order valence-electron chi connectivity index (χ0n) is 9.33. The number of hydrogen-bond donors (Lipinski definition) is 1. The Balaban J connectivity index is 2.17. The van der Waals surface area contributed by atoms with Crippen LogP contribution in [-0.4, -0.2) is 19.0 Å². The molecule has 5 heteroatoms. The number of anilines is 1. The molecule has 0 spiro atoms. The first-order valence-electron chi connectivity index (χ1n) is 5.30. The maximum Gasteiger partial charge on any atom is 0.340 e. The summed E-state index contributed by atoms with van der Waals surface area (Å²) in [5, 5.41) is 2.64. The Morgan fingerprint density at radius 2 is 2.12 bits per heavy atom. The van der Waals surface area contributed by atoms with Crippen LogP contribution in [0, 0.1) is 11.7 Å². The summed E-state index contributed by atoms with van der Waals surface area (Å²) >= 11 is 0. The van der Waals surface area contributed by atoms with Gasteiger partial charge in [0.25, 0.3) is 0 Å². The topological polar surface area (TPSA) is 55.4 Å². The molecule has 0 radical (unpaired) electrons. The molecular formula is C12H12FNO3. The third-order valence-electron chi connectivity index (χ3n) is 2.59. The van der Waals surface area contributed by atoms with Crippen LogP contribution in [0.3, 0.4) is 0 Å². The molecule has 4 nitrogen and oxygen atoms in total. The molecule has 90 valence electrons. The largest absolute Gasteiger partial charge is 0.465 e. The summed E-state index contributed by atoms with van der Waals surface area (Å²) in [4.78, 5) is 22.7. The third-order valence-corrected chi connectivity index (χ3v) is 2.59. The zero-order chi connectivity index (χ0) is 12.4. The molecule has 1 N–H and O–H groups in total. The lowest BCUT2D eigenvalue weighted by atomic mass is 10.2. The van der Waals surface area contributed by atoms with E-state index in [1.165, 1.54) is 19.2 Å². The van der Waals surface area contributed by atoms with E-state index in [9.17, 15) is 14.0 Å². The van der Waals surface area contributed by atoms with Crippen molar-refractivity contribution in [2.24, 2.45) is 5.92 Å². The molecule has 0 unspecified atom stereocenters. The van der Waals surface area contributed by atoms with Gasteiger partial charge in [0, 0.05) is 11.6 Å². The van der Waals surface area contributed by atoms with E-state index >= 15 is 0 Å². The molecule has 1 aromatic rings. The van der Waals surface area contributed by atoms with Crippen molar-refractivity contribution >= 4 is 17.6 Å². The monoisotopic (exact) mass is 237 g/mol. The molecular weight excluding hydrogens is 225 g/mol. The van der Waals surface area contributed by atoms with Crippen LogP contribution in [0.2, 0.25) is 0 Å². The number of benzene rings is 1. The zero-order valence-corrected chi connectivity index (χ0v) is 9.33. The summed E-state index contributed by atoms with van der Waals surface area (Å²) in [6.45, 7) is 0. The van der Waals surface area contributed by atoms with Gasteiger partial charge in [-0.15, -0.1) is 0 Å². The highest BCUT2D eigenvalue weighted by atomic mass is 19.1. The lowest BCUT2D eigenvalue weighted by Gasteiger charge is -2.06. The number of hydrogen-bond acceptors (Lipinski definition) is 3. The van der Waals surface area contributed by atoms with Crippen LogP contribution in [0.1, 0.15) is 23.2 Å². The average Bonchev–Trinajstić information content (AvgIpc) is 3.14. The maximum absolute atomic E-state index is 13.3. The highest BCUT2D eigenvalue weighted by Gasteiger charge is 2.29. The predicted octanol–water partition coefficient (Wildman–Crippen LogP) is 1.96. The second kappa shape index (κ2) is 4.53. The van der Waals surface area contributed by atoms with Crippen molar-refractivity contribution in [3.05, 3.63) is 29.6 Å². The van der Waals surface area contributed by atoms with E-state index in [2.05, 4.69) is 10.1 Å². The third kappa shape index (κ3) is 2.61. The van der Waals surface area contributed by atoms with Gasteiger partial charge in [-0.3, -0.25) is 4.79 Å². The Morgan fingerprint density at radius 3 is 2.71 bits per heavy atom. The van der Waals surface area contributed by atoms with Gasteiger partial charge >= 0.3 is 5.97 Å². The molecule has 1 aliphatic carbocycles. The minimum atomic E-state index is -0.759. The number of esters is 1. The Labute approximate surface area is 97.8 Å². The van der Waals surface area contributed by atoms with Crippen molar-refractivity contribution in [2.45, 2.75) is 12.8 Å². The Morgan fingerprint density at radius 1 is 1.41 bits per heavy atom. The number of amides is 1. The fraction of sp³-hybridized carbons (Fsp3) is 0.333. The summed E-state index contributed by atoms with van der Waals surface area (Å²) in [6, 6.07) is 3.83. The highest BCUT2D eigenvalue weighted by molar-refractivity contribution is 5.96. The summed E-state index contributed by atoms with van der Waals surface area (Å²) in [5.41, 5.74) is 0.227. The van der Waals surface area contributed by atoms with E-state index in [4.69, 9.17) is 0 Å². The van der Waals surface area contributed by atoms with Gasteiger partial charge in [0.15, 0.2) is 0 Å². The van der Waals surface area contributed by atoms with Gasteiger partial charge in [0.2, 0.25) is 5.91 Å². The number of halogens is 1. The second-order valence-electron chi connectivity index (χ2n) is 3.95. The molecule has 2 rings (SSSR count). The molecule has 0 atom stereocenters. The van der Waals surface area contributed by atoms with Crippen LogP contribution in [0.25, 0.3) is 0 Å². The Bertz CT molecular complexity index is 469. The van der Waals surface area contributed by atoms with Crippen LogP contribution in [0.15, 0.2) is 18.2 Å². The fourth-order valence-corrected chi connectivity index (χ4v) is 1.46. The average molecular weight is 237 g/mol. The number of rotatable bonds is 3. The summed E-state index contributed by atoms with van der Waals surface area (Å²) < 4.78 is 17.7. The molecule has 1 fully saturated rings. The summed E-state index contributed by atoms with van der Waals surface area (Å²) in [5.74, 6) is -1.46. The van der Waals surface area contributed by atoms with Crippen molar-refractivity contribution in [2.75, 3.05) is 12.4 Å². The molecule has 1 saturated carbocycles. The minimum Gasteiger partial charge on any atom is -0.465 e. The molecule has 1 aromatic carbocycles. The quantitative estimate of drug-likeness (QED) is 0.817. The van der Waals surface area contributed by atoms with E-state index in [0.717, 1.165) is 18.9 Å². The first-order valence-corrected chi connectivity index (χ1v) is 5.30. The van der Waals surface area contributed by atoms with Gasteiger partial charge in [-0.1, -0.05) is 0 Å². The maximum atomic E-state index is 13.3. The molecule has 0 aromatic heterocycles. The van der Waals surface area contributed by atoms with Gasteiger partial charge in [-0.25, -0.2) is 9.18 Å². The molecule has 0 heterocycles. The first kappa shape index (κ1) is 11.6. The van der Waals surface area contributed by atoms with Crippen LogP contribution >= 0.6 is 0 Å². The van der Waals surface area contributed by atoms with Gasteiger partial charge in [0.05, 0.1) is 12.7 Å². The minimum absolute atomic E-state index is 0.0571. The van der Waals surface area contributed by atoms with Crippen molar-refractivity contribution in [3.63, 3.8) is 0 Å². The van der Waals surface area contributed by atoms with E-state index in [0.29, 0.717) is 5.69 Å².